The highest BCUT2D eigenvalue weighted by molar-refractivity contribution is 7.71. The van der Waals surface area contributed by atoms with Crippen molar-refractivity contribution in [2.24, 2.45) is 5.41 Å². The number of aromatic nitrogens is 2. The first-order chi connectivity index (χ1) is 7.98. The third kappa shape index (κ3) is 3.04. The molecule has 1 aliphatic rings. The topological polar surface area (TPSA) is 41.0 Å². The summed E-state index contributed by atoms with van der Waals surface area (Å²) >= 11 is 5.18. The first-order valence-electron chi connectivity index (χ1n) is 5.97. The molecule has 1 aromatic rings. The SMILES string of the molecule is CN1CCC(C)(Cn2ccc(=O)[nH]c2=S)CC1. The maximum Gasteiger partial charge on any atom is 0.251 e. The largest absolute Gasteiger partial charge is 0.325 e. The van der Waals surface area contributed by atoms with Crippen LogP contribution in [0.3, 0.4) is 0 Å². The summed E-state index contributed by atoms with van der Waals surface area (Å²) in [7, 11) is 2.16. The van der Waals surface area contributed by atoms with E-state index in [1.807, 2.05) is 4.57 Å². The number of H-pyrrole nitrogens is 1. The second-order valence-corrected chi connectivity index (χ2v) is 5.74. The summed E-state index contributed by atoms with van der Waals surface area (Å²) in [6, 6.07) is 1.54. The van der Waals surface area contributed by atoms with Crippen molar-refractivity contribution >= 4 is 12.2 Å². The smallest absolute Gasteiger partial charge is 0.251 e. The van der Waals surface area contributed by atoms with E-state index in [4.69, 9.17) is 12.2 Å². The van der Waals surface area contributed by atoms with Gasteiger partial charge in [0.05, 0.1) is 0 Å². The average Bonchev–Trinajstić information content (AvgIpc) is 2.27. The van der Waals surface area contributed by atoms with Gasteiger partial charge in [0.2, 0.25) is 0 Å². The molecule has 0 radical (unpaired) electrons. The van der Waals surface area contributed by atoms with Gasteiger partial charge in [-0.2, -0.15) is 0 Å². The lowest BCUT2D eigenvalue weighted by atomic mass is 9.80. The van der Waals surface area contributed by atoms with Gasteiger partial charge >= 0.3 is 0 Å². The summed E-state index contributed by atoms with van der Waals surface area (Å²) in [5, 5.41) is 0. The molecule has 4 nitrogen and oxygen atoms in total. The quantitative estimate of drug-likeness (QED) is 0.815. The van der Waals surface area contributed by atoms with E-state index in [-0.39, 0.29) is 11.0 Å². The molecule has 0 aliphatic carbocycles. The number of hydrogen-bond donors (Lipinski definition) is 1. The molecular formula is C12H19N3OS. The van der Waals surface area contributed by atoms with Crippen molar-refractivity contribution in [3.63, 3.8) is 0 Å². The van der Waals surface area contributed by atoms with E-state index in [9.17, 15) is 4.79 Å². The minimum absolute atomic E-state index is 0.125. The van der Waals surface area contributed by atoms with Crippen LogP contribution in [0.2, 0.25) is 0 Å². The maximum atomic E-state index is 11.1. The Morgan fingerprint density at radius 2 is 2.12 bits per heavy atom. The fraction of sp³-hybridized carbons (Fsp3) is 0.667. The van der Waals surface area contributed by atoms with Crippen LogP contribution in [0, 0.1) is 10.2 Å². The number of piperidine rings is 1. The van der Waals surface area contributed by atoms with Gasteiger partial charge in [-0.15, -0.1) is 0 Å². The molecule has 1 aliphatic heterocycles. The normalized spacial score (nSPS) is 20.4. The number of nitrogens with zero attached hydrogens (tertiary/aromatic N) is 2. The number of rotatable bonds is 2. The molecule has 1 aromatic heterocycles. The molecule has 5 heteroatoms. The Morgan fingerprint density at radius 1 is 1.47 bits per heavy atom. The Labute approximate surface area is 106 Å². The first-order valence-corrected chi connectivity index (χ1v) is 6.38. The molecule has 0 bridgehead atoms. The number of hydrogen-bond acceptors (Lipinski definition) is 3. The number of nitrogens with one attached hydrogen (secondary N) is 1. The van der Waals surface area contributed by atoms with Crippen LogP contribution in [0.5, 0.6) is 0 Å². The highest BCUT2D eigenvalue weighted by Crippen LogP contribution is 2.31. The first kappa shape index (κ1) is 12.5. The number of aromatic amines is 1. The van der Waals surface area contributed by atoms with Crippen molar-refractivity contribution in [2.75, 3.05) is 20.1 Å². The molecule has 0 spiro atoms. The minimum atomic E-state index is -0.125. The van der Waals surface area contributed by atoms with Gasteiger partial charge in [0.15, 0.2) is 4.77 Å². The van der Waals surface area contributed by atoms with Crippen LogP contribution < -0.4 is 5.56 Å². The Kier molecular flexibility index (Phi) is 3.49. The van der Waals surface area contributed by atoms with Crippen molar-refractivity contribution in [1.29, 1.82) is 0 Å². The summed E-state index contributed by atoms with van der Waals surface area (Å²) in [6.45, 7) is 5.45. The maximum absolute atomic E-state index is 11.1. The lowest BCUT2D eigenvalue weighted by Gasteiger charge is -2.38. The van der Waals surface area contributed by atoms with E-state index < -0.39 is 0 Å². The van der Waals surface area contributed by atoms with Gasteiger partial charge < -0.3 is 9.47 Å². The van der Waals surface area contributed by atoms with E-state index in [0.717, 1.165) is 19.6 Å². The average molecular weight is 253 g/mol. The van der Waals surface area contributed by atoms with Gasteiger partial charge in [0.25, 0.3) is 5.56 Å². The van der Waals surface area contributed by atoms with Crippen LogP contribution in [-0.4, -0.2) is 34.6 Å². The second kappa shape index (κ2) is 4.74. The lowest BCUT2D eigenvalue weighted by molar-refractivity contribution is 0.119. The van der Waals surface area contributed by atoms with E-state index >= 15 is 0 Å². The van der Waals surface area contributed by atoms with Crippen LogP contribution >= 0.6 is 12.2 Å². The van der Waals surface area contributed by atoms with E-state index in [1.165, 1.54) is 18.9 Å². The van der Waals surface area contributed by atoms with Crippen LogP contribution in [-0.2, 0) is 6.54 Å². The van der Waals surface area contributed by atoms with Crippen molar-refractivity contribution in [2.45, 2.75) is 26.3 Å². The molecule has 1 fully saturated rings. The molecular weight excluding hydrogens is 234 g/mol. The van der Waals surface area contributed by atoms with E-state index in [1.54, 1.807) is 6.20 Å². The summed E-state index contributed by atoms with van der Waals surface area (Å²) in [5.41, 5.74) is 0.156. The van der Waals surface area contributed by atoms with Crippen molar-refractivity contribution in [3.8, 4) is 0 Å². The van der Waals surface area contributed by atoms with Gasteiger partial charge in [0, 0.05) is 18.8 Å². The molecule has 1 saturated heterocycles. The predicted octanol–water partition coefficient (Wildman–Crippen LogP) is 1.64. The van der Waals surface area contributed by atoms with Crippen molar-refractivity contribution < 1.29 is 0 Å². The summed E-state index contributed by atoms with van der Waals surface area (Å²) in [4.78, 5) is 16.1. The Morgan fingerprint density at radius 3 is 2.71 bits per heavy atom. The fourth-order valence-electron chi connectivity index (χ4n) is 2.30. The van der Waals surface area contributed by atoms with Gasteiger partial charge in [-0.3, -0.25) is 9.78 Å². The summed E-state index contributed by atoms with van der Waals surface area (Å²) in [6.07, 6.45) is 4.14. The molecule has 0 aromatic carbocycles. The van der Waals surface area contributed by atoms with Crippen molar-refractivity contribution in [1.82, 2.24) is 14.5 Å². The fourth-order valence-corrected chi connectivity index (χ4v) is 2.52. The molecule has 0 unspecified atom stereocenters. The van der Waals surface area contributed by atoms with Crippen LogP contribution in [0.1, 0.15) is 19.8 Å². The summed E-state index contributed by atoms with van der Waals surface area (Å²) < 4.78 is 2.50. The molecule has 0 saturated carbocycles. The number of likely N-dealkylation sites (tertiary alicyclic amines) is 1. The zero-order valence-corrected chi connectivity index (χ0v) is 11.2. The predicted molar refractivity (Wildman–Crippen MR) is 70.7 cm³/mol. The van der Waals surface area contributed by atoms with Crippen LogP contribution in [0.25, 0.3) is 0 Å². The van der Waals surface area contributed by atoms with Gasteiger partial charge in [-0.25, -0.2) is 0 Å². The highest BCUT2D eigenvalue weighted by atomic mass is 32.1. The summed E-state index contributed by atoms with van der Waals surface area (Å²) in [5.74, 6) is 0. The van der Waals surface area contributed by atoms with E-state index in [0.29, 0.717) is 4.77 Å². The van der Waals surface area contributed by atoms with Crippen LogP contribution in [0.4, 0.5) is 0 Å². The molecule has 2 heterocycles. The minimum Gasteiger partial charge on any atom is -0.325 e. The standard InChI is InChI=1S/C12H19N3OS/c1-12(4-7-14(2)8-5-12)9-15-6-3-10(16)13-11(15)17/h3,6H,4-5,7-9H2,1-2H3,(H,13,16,17). The molecule has 17 heavy (non-hydrogen) atoms. The zero-order chi connectivity index (χ0) is 12.5. The Balaban J connectivity index is 2.15. The Hall–Kier alpha value is -0.940. The van der Waals surface area contributed by atoms with Crippen LogP contribution in [0.15, 0.2) is 17.1 Å². The van der Waals surface area contributed by atoms with Crippen molar-refractivity contribution in [3.05, 3.63) is 27.4 Å². The third-order valence-corrected chi connectivity index (χ3v) is 3.98. The lowest BCUT2D eigenvalue weighted by Crippen LogP contribution is -2.38. The molecule has 1 N–H and O–H groups in total. The molecule has 2 rings (SSSR count). The Bertz CT molecular complexity index is 497. The highest BCUT2D eigenvalue weighted by Gasteiger charge is 2.29. The molecule has 94 valence electrons. The zero-order valence-electron chi connectivity index (χ0n) is 10.4. The molecule has 0 atom stereocenters. The third-order valence-electron chi connectivity index (χ3n) is 3.64. The second-order valence-electron chi connectivity index (χ2n) is 5.35. The van der Waals surface area contributed by atoms with Gasteiger partial charge in [0.1, 0.15) is 0 Å². The molecule has 0 amide bonds. The van der Waals surface area contributed by atoms with E-state index in [2.05, 4.69) is 23.9 Å². The van der Waals surface area contributed by atoms with Gasteiger partial charge in [-0.05, 0) is 50.6 Å². The monoisotopic (exact) mass is 253 g/mol. The van der Waals surface area contributed by atoms with Gasteiger partial charge in [-0.1, -0.05) is 6.92 Å².